The highest BCUT2D eigenvalue weighted by atomic mass is 35.5. The zero-order valence-electron chi connectivity index (χ0n) is 8.97. The van der Waals surface area contributed by atoms with E-state index in [1.165, 1.54) is 7.11 Å². The fraction of sp³-hybridized carbons (Fsp3) is 0.400. The number of halogens is 2. The second-order valence-corrected chi connectivity index (χ2v) is 4.08. The van der Waals surface area contributed by atoms with E-state index in [2.05, 4.69) is 5.32 Å². The zero-order valence-corrected chi connectivity index (χ0v) is 10.5. The lowest BCUT2D eigenvalue weighted by Gasteiger charge is -2.14. The summed E-state index contributed by atoms with van der Waals surface area (Å²) in [4.78, 5) is 0. The monoisotopic (exact) mass is 263 g/mol. The van der Waals surface area contributed by atoms with Crippen molar-refractivity contribution in [3.05, 3.63) is 22.2 Å². The Bertz CT molecular complexity index is 360. The number of nitrogens with one attached hydrogen (secondary N) is 1. The van der Waals surface area contributed by atoms with Gasteiger partial charge in [-0.05, 0) is 12.1 Å². The van der Waals surface area contributed by atoms with Crippen LogP contribution in [0.25, 0.3) is 0 Å². The Labute approximate surface area is 105 Å². The molecular weight excluding hydrogens is 249 g/mol. The molecule has 90 valence electrons. The fourth-order valence-corrected chi connectivity index (χ4v) is 1.62. The predicted octanol–water partition coefficient (Wildman–Crippen LogP) is 1.70. The Morgan fingerprint density at radius 2 is 2.06 bits per heavy atom. The lowest BCUT2D eigenvalue weighted by Crippen LogP contribution is -2.36. The Morgan fingerprint density at radius 3 is 2.62 bits per heavy atom. The maximum atomic E-state index is 6.06. The van der Waals surface area contributed by atoms with Crippen molar-refractivity contribution in [3.8, 4) is 5.75 Å². The van der Waals surface area contributed by atoms with Crippen LogP contribution in [0.4, 0.5) is 5.69 Å². The summed E-state index contributed by atoms with van der Waals surface area (Å²) >= 11 is 12.1. The van der Waals surface area contributed by atoms with E-state index in [0.29, 0.717) is 28.9 Å². The van der Waals surface area contributed by atoms with Crippen molar-refractivity contribution >= 4 is 28.9 Å². The van der Waals surface area contributed by atoms with Crippen molar-refractivity contribution in [2.24, 2.45) is 11.5 Å². The van der Waals surface area contributed by atoms with Crippen molar-refractivity contribution in [3.63, 3.8) is 0 Å². The molecule has 1 atom stereocenters. The van der Waals surface area contributed by atoms with Crippen LogP contribution in [-0.4, -0.2) is 26.2 Å². The molecule has 1 aromatic rings. The Kier molecular flexibility index (Phi) is 5.15. The zero-order chi connectivity index (χ0) is 12.1. The van der Waals surface area contributed by atoms with Gasteiger partial charge in [0.2, 0.25) is 0 Å². The van der Waals surface area contributed by atoms with E-state index in [9.17, 15) is 0 Å². The van der Waals surface area contributed by atoms with Crippen molar-refractivity contribution in [1.82, 2.24) is 0 Å². The molecule has 0 aliphatic heterocycles. The molecule has 1 rings (SSSR count). The first-order chi connectivity index (χ1) is 7.60. The van der Waals surface area contributed by atoms with Crippen LogP contribution in [0, 0.1) is 0 Å². The lowest BCUT2D eigenvalue weighted by molar-refractivity contribution is 0.415. The van der Waals surface area contributed by atoms with Crippen LogP contribution in [0.5, 0.6) is 5.75 Å². The quantitative estimate of drug-likeness (QED) is 0.756. The molecule has 4 nitrogen and oxygen atoms in total. The smallest absolute Gasteiger partial charge is 0.139 e. The second kappa shape index (κ2) is 6.15. The van der Waals surface area contributed by atoms with Gasteiger partial charge in [0.25, 0.3) is 0 Å². The van der Waals surface area contributed by atoms with Gasteiger partial charge < -0.3 is 21.5 Å². The molecule has 1 aromatic carbocycles. The van der Waals surface area contributed by atoms with Crippen molar-refractivity contribution in [2.75, 3.05) is 25.5 Å². The third kappa shape index (κ3) is 3.15. The Hall–Kier alpha value is -0.680. The standard InChI is InChI=1S/C10H15Cl2N3O/c1-16-8-3-2-7(9(11)10(8)12)15-5-6(14)4-13/h2-3,6,15H,4-5,13-14H2,1H3. The summed E-state index contributed by atoms with van der Waals surface area (Å²) in [5.74, 6) is 0.542. The molecule has 0 aromatic heterocycles. The predicted molar refractivity (Wildman–Crippen MR) is 68.5 cm³/mol. The van der Waals surface area contributed by atoms with Gasteiger partial charge in [0.1, 0.15) is 10.8 Å². The van der Waals surface area contributed by atoms with Crippen LogP contribution in [0.15, 0.2) is 12.1 Å². The number of anilines is 1. The van der Waals surface area contributed by atoms with Crippen molar-refractivity contribution in [2.45, 2.75) is 6.04 Å². The van der Waals surface area contributed by atoms with Gasteiger partial charge in [-0.3, -0.25) is 0 Å². The highest BCUT2D eigenvalue weighted by molar-refractivity contribution is 6.44. The normalized spacial score (nSPS) is 12.3. The molecule has 0 fully saturated rings. The van der Waals surface area contributed by atoms with Crippen LogP contribution in [-0.2, 0) is 0 Å². The molecule has 0 amide bonds. The number of ether oxygens (including phenoxy) is 1. The maximum Gasteiger partial charge on any atom is 0.139 e. The molecule has 0 bridgehead atoms. The van der Waals surface area contributed by atoms with Gasteiger partial charge in [-0.1, -0.05) is 23.2 Å². The summed E-state index contributed by atoms with van der Waals surface area (Å²) in [6.45, 7) is 0.952. The molecule has 1 unspecified atom stereocenters. The average Bonchev–Trinajstić information content (AvgIpc) is 2.30. The van der Waals surface area contributed by atoms with Crippen LogP contribution >= 0.6 is 23.2 Å². The Morgan fingerprint density at radius 1 is 1.38 bits per heavy atom. The van der Waals surface area contributed by atoms with Gasteiger partial charge in [0, 0.05) is 19.1 Å². The van der Waals surface area contributed by atoms with E-state index in [0.717, 1.165) is 5.69 Å². The molecule has 16 heavy (non-hydrogen) atoms. The van der Waals surface area contributed by atoms with Gasteiger partial charge in [0.05, 0.1) is 17.8 Å². The largest absolute Gasteiger partial charge is 0.495 e. The number of hydrogen-bond donors (Lipinski definition) is 3. The summed E-state index contributed by atoms with van der Waals surface area (Å²) in [7, 11) is 1.54. The van der Waals surface area contributed by atoms with Gasteiger partial charge in [-0.2, -0.15) is 0 Å². The summed E-state index contributed by atoms with van der Waals surface area (Å²) < 4.78 is 5.04. The third-order valence-electron chi connectivity index (χ3n) is 2.12. The summed E-state index contributed by atoms with van der Waals surface area (Å²) in [5.41, 5.74) is 11.8. The minimum atomic E-state index is -0.114. The van der Waals surface area contributed by atoms with Crippen molar-refractivity contribution in [1.29, 1.82) is 0 Å². The molecule has 0 spiro atoms. The highest BCUT2D eigenvalue weighted by Crippen LogP contribution is 2.37. The molecule has 6 heteroatoms. The molecule has 0 heterocycles. The summed E-state index contributed by atoms with van der Waals surface area (Å²) in [6, 6.07) is 3.41. The third-order valence-corrected chi connectivity index (χ3v) is 2.99. The SMILES string of the molecule is COc1ccc(NCC(N)CN)c(Cl)c1Cl. The van der Waals surface area contributed by atoms with E-state index in [4.69, 9.17) is 39.4 Å². The van der Waals surface area contributed by atoms with Crippen LogP contribution < -0.4 is 21.5 Å². The van der Waals surface area contributed by atoms with Crippen LogP contribution in [0.1, 0.15) is 0 Å². The van der Waals surface area contributed by atoms with Gasteiger partial charge in [-0.25, -0.2) is 0 Å². The molecule has 5 N–H and O–H groups in total. The van der Waals surface area contributed by atoms with Gasteiger partial charge in [-0.15, -0.1) is 0 Å². The second-order valence-electron chi connectivity index (χ2n) is 3.32. The molecule has 0 saturated heterocycles. The lowest BCUT2D eigenvalue weighted by atomic mass is 10.2. The van der Waals surface area contributed by atoms with Gasteiger partial charge in [0.15, 0.2) is 0 Å². The number of hydrogen-bond acceptors (Lipinski definition) is 4. The number of rotatable bonds is 5. The average molecular weight is 264 g/mol. The maximum absolute atomic E-state index is 6.06. The van der Waals surface area contributed by atoms with Crippen LogP contribution in [0.3, 0.4) is 0 Å². The minimum absolute atomic E-state index is 0.114. The van der Waals surface area contributed by atoms with E-state index in [-0.39, 0.29) is 6.04 Å². The first-order valence-electron chi connectivity index (χ1n) is 4.81. The first kappa shape index (κ1) is 13.4. The number of nitrogens with two attached hydrogens (primary N) is 2. The molecule has 0 radical (unpaired) electrons. The summed E-state index contributed by atoms with van der Waals surface area (Å²) in [5, 5.41) is 3.89. The van der Waals surface area contributed by atoms with Crippen LogP contribution in [0.2, 0.25) is 10.0 Å². The highest BCUT2D eigenvalue weighted by Gasteiger charge is 2.10. The van der Waals surface area contributed by atoms with Crippen molar-refractivity contribution < 1.29 is 4.74 Å². The topological polar surface area (TPSA) is 73.3 Å². The first-order valence-corrected chi connectivity index (χ1v) is 5.57. The molecule has 0 saturated carbocycles. The summed E-state index contributed by atoms with van der Waals surface area (Å²) in [6.07, 6.45) is 0. The van der Waals surface area contributed by atoms with E-state index in [1.54, 1.807) is 12.1 Å². The number of methoxy groups -OCH3 is 1. The molecule has 0 aliphatic carbocycles. The van der Waals surface area contributed by atoms with E-state index >= 15 is 0 Å². The fourth-order valence-electron chi connectivity index (χ4n) is 1.15. The minimum Gasteiger partial charge on any atom is -0.495 e. The van der Waals surface area contributed by atoms with E-state index in [1.807, 2.05) is 0 Å². The van der Waals surface area contributed by atoms with Gasteiger partial charge >= 0.3 is 0 Å². The molecule has 0 aliphatic rings. The van der Waals surface area contributed by atoms with E-state index < -0.39 is 0 Å². The Balaban J connectivity index is 2.78. The molecular formula is C10H15Cl2N3O. The number of benzene rings is 1.